The van der Waals surface area contributed by atoms with Crippen LogP contribution in [-0.2, 0) is 14.8 Å². The maximum Gasteiger partial charge on any atom is 0.251 e. The van der Waals surface area contributed by atoms with Gasteiger partial charge in [0.2, 0.25) is 16.0 Å². The summed E-state index contributed by atoms with van der Waals surface area (Å²) in [5.74, 6) is 0.263. The van der Waals surface area contributed by atoms with Gasteiger partial charge in [0.1, 0.15) is 5.84 Å². The van der Waals surface area contributed by atoms with Crippen LogP contribution in [0.4, 0.5) is 10.1 Å². The molecular weight excluding hydrogens is 535 g/mol. The second-order valence-electron chi connectivity index (χ2n) is 10.4. The van der Waals surface area contributed by atoms with Gasteiger partial charge >= 0.3 is 0 Å². The maximum atomic E-state index is 13.5. The number of pyridine rings is 1. The Bertz CT molecular complexity index is 1470. The van der Waals surface area contributed by atoms with Crippen molar-refractivity contribution in [2.45, 2.75) is 67.6 Å². The van der Waals surface area contributed by atoms with Crippen LogP contribution in [0, 0.1) is 5.95 Å². The van der Waals surface area contributed by atoms with Crippen molar-refractivity contribution >= 4 is 33.3 Å². The first-order valence-corrected chi connectivity index (χ1v) is 15.0. The normalized spacial score (nSPS) is 25.5. The number of hydrogen-bond acceptors (Lipinski definition) is 8. The fourth-order valence-corrected chi connectivity index (χ4v) is 6.44. The Morgan fingerprint density at radius 2 is 1.80 bits per heavy atom. The Labute approximate surface area is 232 Å². The molecule has 11 nitrogen and oxygen atoms in total. The van der Waals surface area contributed by atoms with E-state index in [-0.39, 0.29) is 29.4 Å². The number of hydrazine groups is 1. The van der Waals surface area contributed by atoms with Crippen molar-refractivity contribution in [2.24, 2.45) is 9.98 Å². The number of aliphatic imine (C=N–C) groups is 2. The second kappa shape index (κ2) is 11.0. The van der Waals surface area contributed by atoms with Crippen molar-refractivity contribution in [2.75, 3.05) is 11.9 Å². The molecule has 1 aromatic carbocycles. The van der Waals surface area contributed by atoms with Crippen LogP contribution >= 0.6 is 0 Å². The molecule has 40 heavy (non-hydrogen) atoms. The van der Waals surface area contributed by atoms with Crippen LogP contribution in [0.3, 0.4) is 0 Å². The molecule has 0 spiro atoms. The molecule has 3 heterocycles. The molecule has 2 aromatic rings. The number of rotatable bonds is 8. The summed E-state index contributed by atoms with van der Waals surface area (Å²) < 4.78 is 41.8. The Kier molecular flexibility index (Phi) is 7.24. The van der Waals surface area contributed by atoms with Gasteiger partial charge in [-0.25, -0.2) is 18.1 Å². The van der Waals surface area contributed by atoms with E-state index < -0.39 is 22.0 Å². The third-order valence-corrected chi connectivity index (χ3v) is 8.87. The van der Waals surface area contributed by atoms with Crippen LogP contribution < -0.4 is 20.8 Å². The summed E-state index contributed by atoms with van der Waals surface area (Å²) in [4.78, 5) is 26.5. The first-order valence-electron chi connectivity index (χ1n) is 13.5. The predicted molar refractivity (Wildman–Crippen MR) is 148 cm³/mol. The van der Waals surface area contributed by atoms with Gasteiger partial charge in [0.05, 0.1) is 23.2 Å². The van der Waals surface area contributed by atoms with Crippen molar-refractivity contribution in [1.29, 1.82) is 0 Å². The zero-order valence-electron chi connectivity index (χ0n) is 21.8. The highest BCUT2D eigenvalue weighted by Crippen LogP contribution is 2.26. The van der Waals surface area contributed by atoms with Gasteiger partial charge in [-0.3, -0.25) is 25.2 Å². The van der Waals surface area contributed by atoms with Crippen molar-refractivity contribution < 1.29 is 17.6 Å². The van der Waals surface area contributed by atoms with E-state index in [0.717, 1.165) is 31.4 Å². The summed E-state index contributed by atoms with van der Waals surface area (Å²) in [6.07, 6.45) is 8.18. The fourth-order valence-electron chi connectivity index (χ4n) is 5.11. The van der Waals surface area contributed by atoms with E-state index in [4.69, 9.17) is 4.99 Å². The van der Waals surface area contributed by atoms with Gasteiger partial charge in [-0.05, 0) is 56.7 Å². The highest BCUT2D eigenvalue weighted by molar-refractivity contribution is 7.89. The molecule has 4 aliphatic rings. The molecule has 210 valence electrons. The summed E-state index contributed by atoms with van der Waals surface area (Å²) in [6, 6.07) is 10.7. The van der Waals surface area contributed by atoms with Crippen LogP contribution in [0.15, 0.2) is 75.3 Å². The molecule has 13 heteroatoms. The van der Waals surface area contributed by atoms with E-state index in [9.17, 15) is 17.6 Å². The summed E-state index contributed by atoms with van der Waals surface area (Å²) in [5, 5.41) is 7.96. The molecule has 6 rings (SSSR count). The summed E-state index contributed by atoms with van der Waals surface area (Å²) in [7, 11) is -3.56. The molecule has 1 aromatic heterocycles. The van der Waals surface area contributed by atoms with Gasteiger partial charge in [0.15, 0.2) is 11.9 Å². The van der Waals surface area contributed by atoms with Crippen LogP contribution in [0.2, 0.25) is 0 Å². The number of anilines is 1. The maximum absolute atomic E-state index is 13.5. The third-order valence-electron chi connectivity index (χ3n) is 7.34. The number of aromatic nitrogens is 1. The van der Waals surface area contributed by atoms with E-state index >= 15 is 0 Å². The number of nitrogens with zero attached hydrogens (tertiary/aromatic N) is 4. The van der Waals surface area contributed by atoms with Crippen LogP contribution in [0.5, 0.6) is 0 Å². The number of benzene rings is 1. The molecule has 4 N–H and O–H groups in total. The minimum Gasteiger partial charge on any atom is -0.379 e. The highest BCUT2D eigenvalue weighted by Gasteiger charge is 2.40. The average Bonchev–Trinajstić information content (AvgIpc) is 3.65. The first kappa shape index (κ1) is 26.4. The minimum atomic E-state index is -3.56. The predicted octanol–water partition coefficient (Wildman–Crippen LogP) is 2.08. The van der Waals surface area contributed by atoms with Gasteiger partial charge in [-0.15, -0.1) is 0 Å². The number of amides is 1. The van der Waals surface area contributed by atoms with Gasteiger partial charge in [0.25, 0.3) is 5.91 Å². The van der Waals surface area contributed by atoms with Gasteiger partial charge in [-0.1, -0.05) is 18.2 Å². The van der Waals surface area contributed by atoms with Gasteiger partial charge in [-0.2, -0.15) is 4.39 Å². The fraction of sp³-hybridized carbons (Fsp3) is 0.407. The third kappa shape index (κ3) is 5.99. The van der Waals surface area contributed by atoms with Crippen molar-refractivity contribution in [3.63, 3.8) is 0 Å². The number of sulfonamides is 1. The summed E-state index contributed by atoms with van der Waals surface area (Å²) in [5.41, 5.74) is 4.40. The first-order chi connectivity index (χ1) is 19.3. The van der Waals surface area contributed by atoms with E-state index in [1.54, 1.807) is 35.3 Å². The molecule has 1 unspecified atom stereocenters. The van der Waals surface area contributed by atoms with E-state index in [2.05, 4.69) is 30.8 Å². The molecule has 0 bridgehead atoms. The molecular formula is C27H31FN8O3S. The summed E-state index contributed by atoms with van der Waals surface area (Å²) >= 11 is 0. The van der Waals surface area contributed by atoms with E-state index in [1.165, 1.54) is 18.3 Å². The zero-order chi connectivity index (χ0) is 27.7. The quantitative estimate of drug-likeness (QED) is 0.359. The van der Waals surface area contributed by atoms with E-state index in [0.29, 0.717) is 36.2 Å². The lowest BCUT2D eigenvalue weighted by Gasteiger charge is -2.34. The van der Waals surface area contributed by atoms with Crippen LogP contribution in [-0.4, -0.2) is 66.7 Å². The number of nitrogens with one attached hydrogen (secondary N) is 4. The molecule has 2 saturated carbocycles. The second-order valence-corrected chi connectivity index (χ2v) is 12.2. The molecule has 0 radical (unpaired) electrons. The number of amidine groups is 2. The van der Waals surface area contributed by atoms with Gasteiger partial charge in [0, 0.05) is 36.1 Å². The molecule has 1 atom stereocenters. The lowest BCUT2D eigenvalue weighted by Crippen LogP contribution is -2.57. The number of hydrogen-bond donors (Lipinski definition) is 4. The number of carbonyl (C=O) groups excluding carboxylic acids is 1. The Hall–Kier alpha value is -3.84. The standard InChI is InChI=1S/C27H31FN8O3S/c28-24-14-20(12-13-29-24)33-27(37)23-16-30-26-22(31-17-6-7-17)15-25(34-36(23)26)32-18-8-10-19(11-9-18)35-40(38,39)21-4-2-1-3-5-21/h1-5,12-15,17-19,23,31,35H,6-11,16H2,(H,32,34)(H,29,33,37). The number of fused-ring (bicyclic) bond motifs is 1. The monoisotopic (exact) mass is 566 g/mol. The molecule has 2 fully saturated rings. The molecule has 0 saturated heterocycles. The Morgan fingerprint density at radius 1 is 1.05 bits per heavy atom. The summed E-state index contributed by atoms with van der Waals surface area (Å²) in [6.45, 7) is 0.241. The van der Waals surface area contributed by atoms with Crippen molar-refractivity contribution in [1.82, 2.24) is 25.5 Å². The smallest absolute Gasteiger partial charge is 0.251 e. The average molecular weight is 567 g/mol. The zero-order valence-corrected chi connectivity index (χ0v) is 22.6. The van der Waals surface area contributed by atoms with Crippen molar-refractivity contribution in [3.05, 3.63) is 66.4 Å². The minimum absolute atomic E-state index is 0.00608. The van der Waals surface area contributed by atoms with E-state index in [1.807, 2.05) is 6.08 Å². The largest absolute Gasteiger partial charge is 0.379 e. The highest BCUT2D eigenvalue weighted by atomic mass is 32.2. The lowest BCUT2D eigenvalue weighted by molar-refractivity contribution is -0.119. The Balaban J connectivity index is 1.12. The molecule has 2 aliphatic carbocycles. The SMILES string of the molecule is O=C(Nc1ccnc(F)c1)C1CN=C2C(NC3CC3)=CC(=NC3CCC(NS(=O)(=O)c4ccccc4)CC3)NN21. The number of halogens is 1. The molecule has 1 amide bonds. The molecule has 2 aliphatic heterocycles. The van der Waals surface area contributed by atoms with Crippen molar-refractivity contribution in [3.8, 4) is 0 Å². The topological polar surface area (TPSA) is 140 Å². The lowest BCUT2D eigenvalue weighted by atomic mass is 9.92. The Morgan fingerprint density at radius 3 is 2.52 bits per heavy atom. The van der Waals surface area contributed by atoms with Crippen LogP contribution in [0.25, 0.3) is 0 Å². The number of carbonyl (C=O) groups is 1. The van der Waals surface area contributed by atoms with Crippen LogP contribution in [0.1, 0.15) is 38.5 Å². The van der Waals surface area contributed by atoms with Gasteiger partial charge < -0.3 is 10.6 Å².